The third-order valence-corrected chi connectivity index (χ3v) is 10.5. The molecule has 0 saturated heterocycles. The summed E-state index contributed by atoms with van der Waals surface area (Å²) in [7, 11) is 0. The number of rotatable bonds is 42. The maximum absolute atomic E-state index is 12.7. The molecule has 6 heteroatoms. The minimum absolute atomic E-state index is 0.0675. The number of carbonyl (C=O) groups is 3. The van der Waals surface area contributed by atoms with Gasteiger partial charge in [0, 0.05) is 12.8 Å². The van der Waals surface area contributed by atoms with Crippen LogP contribution >= 0.6 is 0 Å². The molecule has 0 aromatic heterocycles. The van der Waals surface area contributed by atoms with Crippen LogP contribution in [0.4, 0.5) is 0 Å². The summed E-state index contributed by atoms with van der Waals surface area (Å²) in [6.07, 6.45) is 45.8. The zero-order chi connectivity index (χ0) is 37.3. The summed E-state index contributed by atoms with van der Waals surface area (Å²) in [4.78, 5) is 36.3. The van der Waals surface area contributed by atoms with Gasteiger partial charge in [0.2, 0.25) is 5.91 Å². The highest BCUT2D eigenvalue weighted by atomic mass is 16.5. The van der Waals surface area contributed by atoms with Gasteiger partial charge in [0.1, 0.15) is 6.04 Å². The van der Waals surface area contributed by atoms with Crippen molar-refractivity contribution in [2.75, 3.05) is 6.61 Å². The SMILES string of the molecule is CCCCCCCCCCCCCCCCCCCCCCOC(=O)[C@H](CCC(=O)O)NC(=O)CCCCCCCCCCCCCCCCC. The quantitative estimate of drug-likeness (QED) is 0.0483. The fourth-order valence-corrected chi connectivity index (χ4v) is 7.07. The molecule has 6 nitrogen and oxygen atoms in total. The van der Waals surface area contributed by atoms with E-state index in [1.807, 2.05) is 0 Å². The van der Waals surface area contributed by atoms with E-state index in [9.17, 15) is 14.4 Å². The molecule has 302 valence electrons. The second-order valence-electron chi connectivity index (χ2n) is 15.6. The molecule has 0 saturated carbocycles. The van der Waals surface area contributed by atoms with E-state index in [1.54, 1.807) is 0 Å². The molecule has 0 aliphatic heterocycles. The van der Waals surface area contributed by atoms with Gasteiger partial charge in [-0.3, -0.25) is 9.59 Å². The van der Waals surface area contributed by atoms with Crippen molar-refractivity contribution < 1.29 is 24.2 Å². The summed E-state index contributed by atoms with van der Waals surface area (Å²) in [5.74, 6) is -1.66. The van der Waals surface area contributed by atoms with Gasteiger partial charge in [-0.1, -0.05) is 226 Å². The van der Waals surface area contributed by atoms with Crippen LogP contribution in [0.5, 0.6) is 0 Å². The molecular formula is C45H87NO5. The molecule has 0 aromatic carbocycles. The van der Waals surface area contributed by atoms with E-state index in [0.29, 0.717) is 13.0 Å². The molecule has 1 amide bonds. The minimum atomic E-state index is -0.974. The minimum Gasteiger partial charge on any atom is -0.481 e. The molecule has 0 unspecified atom stereocenters. The number of carboxylic acids is 1. The van der Waals surface area contributed by atoms with Crippen molar-refractivity contribution in [2.45, 2.75) is 264 Å². The Labute approximate surface area is 317 Å². The van der Waals surface area contributed by atoms with E-state index in [1.165, 1.54) is 186 Å². The molecule has 0 heterocycles. The first-order chi connectivity index (χ1) is 25.0. The van der Waals surface area contributed by atoms with Crippen molar-refractivity contribution >= 4 is 17.8 Å². The van der Waals surface area contributed by atoms with Gasteiger partial charge in [0.25, 0.3) is 0 Å². The average Bonchev–Trinajstić information content (AvgIpc) is 3.12. The van der Waals surface area contributed by atoms with E-state index < -0.39 is 18.0 Å². The number of hydrogen-bond acceptors (Lipinski definition) is 4. The van der Waals surface area contributed by atoms with Crippen LogP contribution in [0.3, 0.4) is 0 Å². The van der Waals surface area contributed by atoms with Gasteiger partial charge in [-0.15, -0.1) is 0 Å². The molecule has 0 fully saturated rings. The molecule has 51 heavy (non-hydrogen) atoms. The van der Waals surface area contributed by atoms with E-state index in [4.69, 9.17) is 9.84 Å². The summed E-state index contributed by atoms with van der Waals surface area (Å²) in [6, 6.07) is -0.880. The van der Waals surface area contributed by atoms with Crippen LogP contribution in [0.15, 0.2) is 0 Å². The first-order valence-electron chi connectivity index (χ1n) is 22.7. The van der Waals surface area contributed by atoms with Crippen molar-refractivity contribution in [3.8, 4) is 0 Å². The van der Waals surface area contributed by atoms with Crippen molar-refractivity contribution in [2.24, 2.45) is 0 Å². The molecule has 0 aliphatic carbocycles. The Kier molecular flexibility index (Phi) is 39.9. The first kappa shape index (κ1) is 49.4. The number of hydrogen-bond donors (Lipinski definition) is 2. The number of carboxylic acid groups (broad SMARTS) is 1. The summed E-state index contributed by atoms with van der Waals surface area (Å²) in [6.45, 7) is 4.88. The Hall–Kier alpha value is -1.59. The molecule has 0 bridgehead atoms. The van der Waals surface area contributed by atoms with E-state index in [-0.39, 0.29) is 18.7 Å². The molecule has 1 atom stereocenters. The normalized spacial score (nSPS) is 11.9. The molecule has 0 spiro atoms. The van der Waals surface area contributed by atoms with Crippen LogP contribution in [0.2, 0.25) is 0 Å². The third kappa shape index (κ3) is 39.5. The molecule has 0 rings (SSSR count). The van der Waals surface area contributed by atoms with Crippen LogP contribution in [-0.2, 0) is 19.1 Å². The lowest BCUT2D eigenvalue weighted by molar-refractivity contribution is -0.148. The van der Waals surface area contributed by atoms with Gasteiger partial charge in [-0.2, -0.15) is 0 Å². The Morgan fingerprint density at radius 1 is 0.431 bits per heavy atom. The first-order valence-corrected chi connectivity index (χ1v) is 22.7. The van der Waals surface area contributed by atoms with Gasteiger partial charge < -0.3 is 15.2 Å². The summed E-state index contributed by atoms with van der Waals surface area (Å²) < 4.78 is 5.46. The predicted molar refractivity (Wildman–Crippen MR) is 217 cm³/mol. The van der Waals surface area contributed by atoms with Crippen LogP contribution in [0.25, 0.3) is 0 Å². The van der Waals surface area contributed by atoms with Crippen molar-refractivity contribution in [1.82, 2.24) is 5.32 Å². The average molecular weight is 722 g/mol. The highest BCUT2D eigenvalue weighted by molar-refractivity contribution is 5.84. The second-order valence-corrected chi connectivity index (χ2v) is 15.6. The lowest BCUT2D eigenvalue weighted by Crippen LogP contribution is -2.42. The van der Waals surface area contributed by atoms with Crippen LogP contribution in [-0.4, -0.2) is 35.6 Å². The fraction of sp³-hybridized carbons (Fsp3) is 0.933. The molecular weight excluding hydrogens is 634 g/mol. The molecule has 2 N–H and O–H groups in total. The summed E-state index contributed by atoms with van der Waals surface area (Å²) in [5, 5.41) is 11.9. The zero-order valence-corrected chi connectivity index (χ0v) is 34.2. The predicted octanol–water partition coefficient (Wildman–Crippen LogP) is 14.0. The number of carbonyl (C=O) groups excluding carboxylic acids is 2. The second kappa shape index (κ2) is 41.2. The van der Waals surface area contributed by atoms with E-state index in [0.717, 1.165) is 38.5 Å². The Morgan fingerprint density at radius 2 is 0.725 bits per heavy atom. The van der Waals surface area contributed by atoms with Gasteiger partial charge in [0.05, 0.1) is 6.61 Å². The number of nitrogens with one attached hydrogen (secondary N) is 1. The maximum Gasteiger partial charge on any atom is 0.328 e. The van der Waals surface area contributed by atoms with Gasteiger partial charge >= 0.3 is 11.9 Å². The largest absolute Gasteiger partial charge is 0.481 e. The monoisotopic (exact) mass is 722 g/mol. The highest BCUT2D eigenvalue weighted by Gasteiger charge is 2.23. The molecule has 0 aromatic rings. The standard InChI is InChI=1S/C45H87NO5/c1-3-5-7-9-11-13-15-17-19-20-21-22-23-25-27-29-31-33-35-37-41-51-45(50)42(39-40-44(48)49)46-43(47)38-36-34-32-30-28-26-24-18-16-14-12-10-8-6-4-2/h42H,3-41H2,1-2H3,(H,46,47)(H,48,49)/t42-/m0/s1. The van der Waals surface area contributed by atoms with Gasteiger partial charge in [0.15, 0.2) is 0 Å². The van der Waals surface area contributed by atoms with E-state index in [2.05, 4.69) is 19.2 Å². The number of amides is 1. The lowest BCUT2D eigenvalue weighted by Gasteiger charge is -2.17. The zero-order valence-electron chi connectivity index (χ0n) is 34.2. The number of unbranched alkanes of at least 4 members (excludes halogenated alkanes) is 33. The topological polar surface area (TPSA) is 92.7 Å². The van der Waals surface area contributed by atoms with Crippen LogP contribution in [0.1, 0.15) is 258 Å². The number of ether oxygens (including phenoxy) is 1. The maximum atomic E-state index is 12.7. The Balaban J connectivity index is 3.73. The van der Waals surface area contributed by atoms with Gasteiger partial charge in [-0.05, 0) is 19.3 Å². The Bertz CT molecular complexity index is 757. The summed E-state index contributed by atoms with van der Waals surface area (Å²) in [5.41, 5.74) is 0. The molecule has 0 radical (unpaired) electrons. The van der Waals surface area contributed by atoms with Gasteiger partial charge in [-0.25, -0.2) is 4.79 Å². The van der Waals surface area contributed by atoms with Crippen molar-refractivity contribution in [3.05, 3.63) is 0 Å². The summed E-state index contributed by atoms with van der Waals surface area (Å²) >= 11 is 0. The van der Waals surface area contributed by atoms with Crippen molar-refractivity contribution in [1.29, 1.82) is 0 Å². The van der Waals surface area contributed by atoms with Crippen LogP contribution < -0.4 is 5.32 Å². The number of esters is 1. The molecule has 0 aliphatic rings. The third-order valence-electron chi connectivity index (χ3n) is 10.5. The smallest absolute Gasteiger partial charge is 0.328 e. The van der Waals surface area contributed by atoms with Crippen LogP contribution in [0, 0.1) is 0 Å². The Morgan fingerprint density at radius 3 is 1.04 bits per heavy atom. The number of aliphatic carboxylic acids is 1. The fourth-order valence-electron chi connectivity index (χ4n) is 7.07. The van der Waals surface area contributed by atoms with E-state index >= 15 is 0 Å². The van der Waals surface area contributed by atoms with Crippen molar-refractivity contribution in [3.63, 3.8) is 0 Å². The lowest BCUT2D eigenvalue weighted by atomic mass is 10.0. The highest BCUT2D eigenvalue weighted by Crippen LogP contribution is 2.16.